The van der Waals surface area contributed by atoms with E-state index in [1.807, 2.05) is 6.07 Å². The van der Waals surface area contributed by atoms with Gasteiger partial charge in [0, 0.05) is 10.6 Å². The molecule has 6 heteroatoms. The molecule has 0 aromatic heterocycles. The molecule has 0 unspecified atom stereocenters. The molecule has 0 heterocycles. The number of ether oxygens (including phenoxy) is 1. The Kier molecular flexibility index (Phi) is 6.64. The largest absolute Gasteiger partial charge is 0.489 e. The summed E-state index contributed by atoms with van der Waals surface area (Å²) in [6.45, 7) is 3.91. The van der Waals surface area contributed by atoms with Crippen LogP contribution in [0.2, 0.25) is 10.0 Å². The zero-order valence-corrected chi connectivity index (χ0v) is 14.6. The second-order valence-corrected chi connectivity index (χ2v) is 5.73. The molecule has 1 N–H and O–H groups in total. The van der Waals surface area contributed by atoms with E-state index in [-0.39, 0.29) is 10.6 Å². The predicted octanol–water partition coefficient (Wildman–Crippen LogP) is 5.10. The highest BCUT2D eigenvalue weighted by Crippen LogP contribution is 2.26. The summed E-state index contributed by atoms with van der Waals surface area (Å²) >= 11 is 11.9. The van der Waals surface area contributed by atoms with Crippen molar-refractivity contribution in [3.8, 4) is 11.8 Å². The van der Waals surface area contributed by atoms with Crippen molar-refractivity contribution < 1.29 is 9.53 Å². The third-order valence-electron chi connectivity index (χ3n) is 3.12. The summed E-state index contributed by atoms with van der Waals surface area (Å²) < 4.78 is 5.52. The minimum absolute atomic E-state index is 0.0827. The molecule has 0 fully saturated rings. The van der Waals surface area contributed by atoms with Crippen LogP contribution in [0, 0.1) is 11.3 Å². The van der Waals surface area contributed by atoms with Crippen molar-refractivity contribution in [1.82, 2.24) is 0 Å². The van der Waals surface area contributed by atoms with Gasteiger partial charge >= 0.3 is 0 Å². The lowest BCUT2D eigenvalue weighted by molar-refractivity contribution is -0.112. The normalized spacial score (nSPS) is 10.7. The van der Waals surface area contributed by atoms with Crippen LogP contribution in [-0.4, -0.2) is 12.5 Å². The molecule has 0 bridgehead atoms. The van der Waals surface area contributed by atoms with Gasteiger partial charge in [0.1, 0.15) is 24.0 Å². The Morgan fingerprint density at radius 3 is 2.72 bits per heavy atom. The topological polar surface area (TPSA) is 62.1 Å². The van der Waals surface area contributed by atoms with Crippen molar-refractivity contribution in [1.29, 1.82) is 5.26 Å². The minimum atomic E-state index is -0.578. The van der Waals surface area contributed by atoms with Crippen LogP contribution in [0.15, 0.2) is 60.7 Å². The summed E-state index contributed by atoms with van der Waals surface area (Å²) in [5.74, 6) is -0.0299. The highest BCUT2D eigenvalue weighted by Gasteiger charge is 2.13. The maximum atomic E-state index is 12.4. The summed E-state index contributed by atoms with van der Waals surface area (Å²) in [5.41, 5.74) is 0.896. The third-order valence-corrected chi connectivity index (χ3v) is 3.67. The van der Waals surface area contributed by atoms with Gasteiger partial charge in [-0.05, 0) is 30.3 Å². The molecule has 0 aliphatic rings. The van der Waals surface area contributed by atoms with E-state index in [9.17, 15) is 10.1 Å². The van der Waals surface area contributed by atoms with E-state index in [1.54, 1.807) is 42.5 Å². The Morgan fingerprint density at radius 1 is 1.28 bits per heavy atom. The van der Waals surface area contributed by atoms with E-state index in [4.69, 9.17) is 27.9 Å². The first-order chi connectivity index (χ1) is 12.0. The smallest absolute Gasteiger partial charge is 0.266 e. The summed E-state index contributed by atoms with van der Waals surface area (Å²) in [5, 5.41) is 12.7. The van der Waals surface area contributed by atoms with E-state index in [0.29, 0.717) is 28.6 Å². The first-order valence-corrected chi connectivity index (χ1v) is 8.01. The molecule has 2 aromatic carbocycles. The first kappa shape index (κ1) is 18.6. The predicted molar refractivity (Wildman–Crippen MR) is 101 cm³/mol. The maximum Gasteiger partial charge on any atom is 0.266 e. The second kappa shape index (κ2) is 8.93. The SMILES string of the molecule is C=CCOc1ccccc1/C=C(\C#N)C(=O)Nc1ccc(Cl)cc1Cl. The number of amides is 1. The zero-order chi connectivity index (χ0) is 18.2. The van der Waals surface area contributed by atoms with Crippen LogP contribution in [0.3, 0.4) is 0 Å². The highest BCUT2D eigenvalue weighted by molar-refractivity contribution is 6.36. The van der Waals surface area contributed by atoms with Gasteiger partial charge in [-0.25, -0.2) is 0 Å². The van der Waals surface area contributed by atoms with Crippen molar-refractivity contribution >= 4 is 40.9 Å². The molecule has 4 nitrogen and oxygen atoms in total. The summed E-state index contributed by atoms with van der Waals surface area (Å²) in [4.78, 5) is 12.4. The number of para-hydroxylation sites is 1. The number of nitriles is 1. The number of carbonyl (C=O) groups is 1. The molecule has 0 saturated heterocycles. The number of rotatable bonds is 6. The van der Waals surface area contributed by atoms with Crippen LogP contribution in [-0.2, 0) is 4.79 Å². The average molecular weight is 373 g/mol. The standard InChI is InChI=1S/C19H14Cl2N2O2/c1-2-9-25-18-6-4-3-5-13(18)10-14(12-22)19(24)23-17-8-7-15(20)11-16(17)21/h2-8,10-11H,1,9H2,(H,23,24)/b14-10+. The van der Waals surface area contributed by atoms with Gasteiger partial charge in [-0.3, -0.25) is 4.79 Å². The van der Waals surface area contributed by atoms with Gasteiger partial charge in [0.2, 0.25) is 0 Å². The molecule has 0 spiro atoms. The van der Waals surface area contributed by atoms with E-state index in [2.05, 4.69) is 11.9 Å². The fourth-order valence-corrected chi connectivity index (χ4v) is 2.42. The van der Waals surface area contributed by atoms with Gasteiger partial charge in [0.15, 0.2) is 0 Å². The first-order valence-electron chi connectivity index (χ1n) is 7.26. The lowest BCUT2D eigenvalue weighted by Gasteiger charge is -2.09. The van der Waals surface area contributed by atoms with Crippen molar-refractivity contribution in [2.24, 2.45) is 0 Å². The fraction of sp³-hybridized carbons (Fsp3) is 0.0526. The van der Waals surface area contributed by atoms with E-state index in [1.165, 1.54) is 12.1 Å². The van der Waals surface area contributed by atoms with Crippen molar-refractivity contribution in [3.05, 3.63) is 76.3 Å². The van der Waals surface area contributed by atoms with Crippen molar-refractivity contribution in [2.75, 3.05) is 11.9 Å². The molecule has 126 valence electrons. The van der Waals surface area contributed by atoms with Crippen molar-refractivity contribution in [2.45, 2.75) is 0 Å². The molecule has 0 aliphatic carbocycles. The van der Waals surface area contributed by atoms with Crippen LogP contribution >= 0.6 is 23.2 Å². The van der Waals surface area contributed by atoms with Crippen LogP contribution < -0.4 is 10.1 Å². The van der Waals surface area contributed by atoms with Gasteiger partial charge in [0.05, 0.1) is 10.7 Å². The van der Waals surface area contributed by atoms with Crippen LogP contribution in [0.5, 0.6) is 5.75 Å². The number of hydrogen-bond acceptors (Lipinski definition) is 3. The van der Waals surface area contributed by atoms with Crippen LogP contribution in [0.4, 0.5) is 5.69 Å². The number of nitrogens with one attached hydrogen (secondary N) is 1. The number of hydrogen-bond donors (Lipinski definition) is 1. The molecule has 1 amide bonds. The van der Waals surface area contributed by atoms with E-state index in [0.717, 1.165) is 0 Å². The Balaban J connectivity index is 2.27. The summed E-state index contributed by atoms with van der Waals surface area (Å²) in [7, 11) is 0. The molecule has 2 rings (SSSR count). The van der Waals surface area contributed by atoms with Gasteiger partial charge in [-0.1, -0.05) is 54.1 Å². The monoisotopic (exact) mass is 372 g/mol. The maximum absolute atomic E-state index is 12.4. The lowest BCUT2D eigenvalue weighted by atomic mass is 10.1. The lowest BCUT2D eigenvalue weighted by Crippen LogP contribution is -2.13. The molecular formula is C19H14Cl2N2O2. The van der Waals surface area contributed by atoms with Crippen LogP contribution in [0.1, 0.15) is 5.56 Å². The highest BCUT2D eigenvalue weighted by atomic mass is 35.5. The second-order valence-electron chi connectivity index (χ2n) is 4.89. The molecule has 25 heavy (non-hydrogen) atoms. The average Bonchev–Trinajstić information content (AvgIpc) is 2.61. The minimum Gasteiger partial charge on any atom is -0.489 e. The molecule has 0 saturated carbocycles. The molecule has 0 atom stereocenters. The van der Waals surface area contributed by atoms with Gasteiger partial charge in [-0.2, -0.15) is 5.26 Å². The molecular weight excluding hydrogens is 359 g/mol. The summed E-state index contributed by atoms with van der Waals surface area (Å²) in [6.07, 6.45) is 3.07. The molecule has 0 aliphatic heterocycles. The van der Waals surface area contributed by atoms with Crippen molar-refractivity contribution in [3.63, 3.8) is 0 Å². The quantitative estimate of drug-likeness (QED) is 0.435. The fourth-order valence-electron chi connectivity index (χ4n) is 1.96. The van der Waals surface area contributed by atoms with Gasteiger partial charge in [0.25, 0.3) is 5.91 Å². The Labute approximate surface area is 155 Å². The number of carbonyl (C=O) groups excluding carboxylic acids is 1. The zero-order valence-electron chi connectivity index (χ0n) is 13.1. The number of anilines is 1. The molecule has 0 radical (unpaired) electrons. The number of halogens is 2. The van der Waals surface area contributed by atoms with E-state index >= 15 is 0 Å². The summed E-state index contributed by atoms with van der Waals surface area (Å²) in [6, 6.07) is 13.6. The van der Waals surface area contributed by atoms with E-state index < -0.39 is 5.91 Å². The van der Waals surface area contributed by atoms with Gasteiger partial charge < -0.3 is 10.1 Å². The number of benzene rings is 2. The third kappa shape index (κ3) is 5.12. The Bertz CT molecular complexity index is 870. The number of nitrogens with zero attached hydrogens (tertiary/aromatic N) is 1. The Morgan fingerprint density at radius 2 is 2.04 bits per heavy atom. The van der Waals surface area contributed by atoms with Gasteiger partial charge in [-0.15, -0.1) is 0 Å². The van der Waals surface area contributed by atoms with Crippen LogP contribution in [0.25, 0.3) is 6.08 Å². The molecule has 2 aromatic rings. The Hall–Kier alpha value is -2.74.